The van der Waals surface area contributed by atoms with Crippen molar-refractivity contribution in [1.29, 1.82) is 0 Å². The standard InChI is InChI=1S/C18H24ClN3O2/c1-20(2)17(23)12-21-6-8-22(9-7-21)18(24)16-11-15(16)13-4-3-5-14(19)10-13/h3-5,10,15-16H,6-9,11-12H2,1-2H3. The van der Waals surface area contributed by atoms with Crippen molar-refractivity contribution in [3.05, 3.63) is 34.9 Å². The van der Waals surface area contributed by atoms with Crippen molar-refractivity contribution in [2.24, 2.45) is 5.92 Å². The summed E-state index contributed by atoms with van der Waals surface area (Å²) in [5.74, 6) is 0.763. The Bertz CT molecular complexity index is 626. The van der Waals surface area contributed by atoms with Gasteiger partial charge in [-0.05, 0) is 30.0 Å². The third kappa shape index (κ3) is 3.90. The molecule has 130 valence electrons. The second-order valence-corrected chi connectivity index (χ2v) is 7.33. The monoisotopic (exact) mass is 349 g/mol. The number of carbonyl (C=O) groups excluding carboxylic acids is 2. The van der Waals surface area contributed by atoms with E-state index in [-0.39, 0.29) is 17.7 Å². The van der Waals surface area contributed by atoms with Crippen LogP contribution in [0, 0.1) is 5.92 Å². The Balaban J connectivity index is 1.49. The maximum atomic E-state index is 12.7. The smallest absolute Gasteiger partial charge is 0.236 e. The van der Waals surface area contributed by atoms with Gasteiger partial charge in [-0.15, -0.1) is 0 Å². The molecule has 0 radical (unpaired) electrons. The minimum atomic E-state index is 0.0958. The van der Waals surface area contributed by atoms with Gasteiger partial charge in [0.1, 0.15) is 0 Å². The van der Waals surface area contributed by atoms with Gasteiger partial charge in [0.05, 0.1) is 6.54 Å². The van der Waals surface area contributed by atoms with Crippen molar-refractivity contribution < 1.29 is 9.59 Å². The molecular weight excluding hydrogens is 326 g/mol. The molecule has 6 heteroatoms. The molecule has 0 spiro atoms. The third-order valence-corrected chi connectivity index (χ3v) is 5.16. The van der Waals surface area contributed by atoms with Crippen LogP contribution < -0.4 is 0 Å². The summed E-state index contributed by atoms with van der Waals surface area (Å²) in [5, 5.41) is 0.727. The van der Waals surface area contributed by atoms with E-state index in [9.17, 15) is 9.59 Å². The van der Waals surface area contributed by atoms with Crippen molar-refractivity contribution in [3.8, 4) is 0 Å². The lowest BCUT2D eigenvalue weighted by molar-refractivity contribution is -0.135. The molecule has 1 aliphatic heterocycles. The van der Waals surface area contributed by atoms with Gasteiger partial charge in [-0.3, -0.25) is 14.5 Å². The summed E-state index contributed by atoms with van der Waals surface area (Å²) in [6, 6.07) is 7.81. The molecule has 2 fully saturated rings. The molecule has 2 amide bonds. The Kier molecular flexibility index (Phi) is 5.11. The summed E-state index contributed by atoms with van der Waals surface area (Å²) in [4.78, 5) is 30.1. The van der Waals surface area contributed by atoms with E-state index in [1.807, 2.05) is 23.1 Å². The minimum Gasteiger partial charge on any atom is -0.348 e. The van der Waals surface area contributed by atoms with Crippen LogP contribution in [-0.2, 0) is 9.59 Å². The highest BCUT2D eigenvalue weighted by Crippen LogP contribution is 2.48. The lowest BCUT2D eigenvalue weighted by atomic mass is 10.1. The van der Waals surface area contributed by atoms with Crippen molar-refractivity contribution in [2.75, 3.05) is 46.8 Å². The molecule has 3 rings (SSSR count). The molecule has 1 aromatic rings. The van der Waals surface area contributed by atoms with Crippen LogP contribution >= 0.6 is 11.6 Å². The first kappa shape index (κ1) is 17.2. The first-order chi connectivity index (χ1) is 11.5. The van der Waals surface area contributed by atoms with Gasteiger partial charge in [-0.1, -0.05) is 23.7 Å². The molecule has 0 aromatic heterocycles. The van der Waals surface area contributed by atoms with E-state index >= 15 is 0 Å². The quantitative estimate of drug-likeness (QED) is 0.830. The fraction of sp³-hybridized carbons (Fsp3) is 0.556. The van der Waals surface area contributed by atoms with Crippen LogP contribution in [0.4, 0.5) is 0 Å². The zero-order chi connectivity index (χ0) is 17.3. The van der Waals surface area contributed by atoms with Crippen LogP contribution in [-0.4, -0.2) is 73.3 Å². The van der Waals surface area contributed by atoms with Gasteiger partial charge in [0.2, 0.25) is 11.8 Å². The van der Waals surface area contributed by atoms with Gasteiger partial charge in [-0.25, -0.2) is 0 Å². The maximum absolute atomic E-state index is 12.7. The van der Waals surface area contributed by atoms with E-state index in [1.54, 1.807) is 19.0 Å². The van der Waals surface area contributed by atoms with Crippen molar-refractivity contribution in [1.82, 2.24) is 14.7 Å². The third-order valence-electron chi connectivity index (χ3n) is 4.93. The van der Waals surface area contributed by atoms with E-state index in [1.165, 1.54) is 0 Å². The predicted octanol–water partition coefficient (Wildman–Crippen LogP) is 1.68. The highest BCUT2D eigenvalue weighted by Gasteiger charge is 2.46. The van der Waals surface area contributed by atoms with Gasteiger partial charge in [0.15, 0.2) is 0 Å². The first-order valence-electron chi connectivity index (χ1n) is 8.42. The zero-order valence-corrected chi connectivity index (χ0v) is 15.0. The fourth-order valence-corrected chi connectivity index (χ4v) is 3.47. The van der Waals surface area contributed by atoms with Gasteiger partial charge in [0.25, 0.3) is 0 Å². The summed E-state index contributed by atoms with van der Waals surface area (Å²) in [7, 11) is 3.54. The predicted molar refractivity (Wildman–Crippen MR) is 94.0 cm³/mol. The molecule has 2 aliphatic rings. The number of hydrogen-bond acceptors (Lipinski definition) is 3. The second kappa shape index (κ2) is 7.11. The van der Waals surface area contributed by atoms with Crippen LogP contribution in [0.5, 0.6) is 0 Å². The molecule has 2 atom stereocenters. The molecule has 24 heavy (non-hydrogen) atoms. The molecule has 0 N–H and O–H groups in total. The van der Waals surface area contributed by atoms with E-state index < -0.39 is 0 Å². The van der Waals surface area contributed by atoms with Crippen LogP contribution in [0.25, 0.3) is 0 Å². The highest BCUT2D eigenvalue weighted by molar-refractivity contribution is 6.30. The number of amides is 2. The fourth-order valence-electron chi connectivity index (χ4n) is 3.27. The number of halogens is 1. The second-order valence-electron chi connectivity index (χ2n) is 6.89. The molecular formula is C18H24ClN3O2. The highest BCUT2D eigenvalue weighted by atomic mass is 35.5. The SMILES string of the molecule is CN(C)C(=O)CN1CCN(C(=O)C2CC2c2cccc(Cl)c2)CC1. The van der Waals surface area contributed by atoms with Crippen molar-refractivity contribution in [2.45, 2.75) is 12.3 Å². The van der Waals surface area contributed by atoms with Crippen LogP contribution in [0.15, 0.2) is 24.3 Å². The number of rotatable bonds is 4. The number of piperazine rings is 1. The molecule has 0 bridgehead atoms. The molecule has 1 saturated carbocycles. The first-order valence-corrected chi connectivity index (χ1v) is 8.80. The number of carbonyl (C=O) groups is 2. The summed E-state index contributed by atoms with van der Waals surface area (Å²) in [5.41, 5.74) is 1.16. The molecule has 1 aliphatic carbocycles. The van der Waals surface area contributed by atoms with E-state index in [0.717, 1.165) is 30.1 Å². The van der Waals surface area contributed by atoms with Gasteiger partial charge >= 0.3 is 0 Å². The summed E-state index contributed by atoms with van der Waals surface area (Å²) in [6.45, 7) is 3.37. The maximum Gasteiger partial charge on any atom is 0.236 e. The van der Waals surface area contributed by atoms with Crippen molar-refractivity contribution >= 4 is 23.4 Å². The zero-order valence-electron chi connectivity index (χ0n) is 14.2. The molecule has 5 nitrogen and oxygen atoms in total. The number of benzene rings is 1. The summed E-state index contributed by atoms with van der Waals surface area (Å²) in [6.07, 6.45) is 0.915. The molecule has 1 aromatic carbocycles. The minimum absolute atomic E-state index is 0.0958. The van der Waals surface area contributed by atoms with Crippen LogP contribution in [0.1, 0.15) is 17.9 Å². The average Bonchev–Trinajstić information content (AvgIpc) is 3.35. The molecule has 1 heterocycles. The molecule has 2 unspecified atom stereocenters. The summed E-state index contributed by atoms with van der Waals surface area (Å²) >= 11 is 6.04. The Morgan fingerprint density at radius 2 is 1.92 bits per heavy atom. The number of likely N-dealkylation sites (N-methyl/N-ethyl adjacent to an activating group) is 1. The normalized spacial score (nSPS) is 23.9. The summed E-state index contributed by atoms with van der Waals surface area (Å²) < 4.78 is 0. The van der Waals surface area contributed by atoms with Crippen LogP contribution in [0.2, 0.25) is 5.02 Å². The van der Waals surface area contributed by atoms with Crippen molar-refractivity contribution in [3.63, 3.8) is 0 Å². The lowest BCUT2D eigenvalue weighted by Gasteiger charge is -2.35. The van der Waals surface area contributed by atoms with Gasteiger partial charge in [-0.2, -0.15) is 0 Å². The Morgan fingerprint density at radius 1 is 1.21 bits per heavy atom. The Hall–Kier alpha value is -1.59. The topological polar surface area (TPSA) is 43.9 Å². The number of hydrogen-bond donors (Lipinski definition) is 0. The lowest BCUT2D eigenvalue weighted by Crippen LogP contribution is -2.51. The van der Waals surface area contributed by atoms with E-state index in [2.05, 4.69) is 11.0 Å². The van der Waals surface area contributed by atoms with Crippen LogP contribution in [0.3, 0.4) is 0 Å². The largest absolute Gasteiger partial charge is 0.348 e. The van der Waals surface area contributed by atoms with E-state index in [0.29, 0.717) is 25.6 Å². The Morgan fingerprint density at radius 3 is 2.54 bits per heavy atom. The average molecular weight is 350 g/mol. The van der Waals surface area contributed by atoms with Gasteiger partial charge < -0.3 is 9.80 Å². The Labute approximate surface area is 148 Å². The number of nitrogens with zero attached hydrogens (tertiary/aromatic N) is 3. The molecule has 1 saturated heterocycles. The van der Waals surface area contributed by atoms with Gasteiger partial charge in [0, 0.05) is 51.2 Å². The van der Waals surface area contributed by atoms with E-state index in [4.69, 9.17) is 11.6 Å².